The van der Waals surface area contributed by atoms with Crippen molar-refractivity contribution in [1.82, 2.24) is 9.88 Å². The lowest BCUT2D eigenvalue weighted by atomic mass is 10.1. The summed E-state index contributed by atoms with van der Waals surface area (Å²) >= 11 is 0. The second-order valence-electron chi connectivity index (χ2n) is 5.53. The number of amides is 1. The summed E-state index contributed by atoms with van der Waals surface area (Å²) in [4.78, 5) is 18.4. The van der Waals surface area contributed by atoms with Crippen molar-refractivity contribution >= 4 is 6.09 Å². The highest BCUT2D eigenvalue weighted by Gasteiger charge is 2.31. The van der Waals surface area contributed by atoms with Gasteiger partial charge >= 0.3 is 6.09 Å². The van der Waals surface area contributed by atoms with Crippen LogP contribution in [0.5, 0.6) is 5.88 Å². The van der Waals surface area contributed by atoms with Crippen LogP contribution < -0.4 is 4.74 Å². The number of hydrogen-bond donors (Lipinski definition) is 0. The molecule has 1 aromatic carbocycles. The highest BCUT2D eigenvalue weighted by Crippen LogP contribution is 2.32. The molecule has 1 aliphatic rings. The number of methoxy groups -OCH3 is 1. The summed E-state index contributed by atoms with van der Waals surface area (Å²) in [5.41, 5.74) is 2.00. The molecular weight excluding hydrogens is 292 g/mol. The van der Waals surface area contributed by atoms with Gasteiger partial charge in [0.05, 0.1) is 13.2 Å². The maximum absolute atomic E-state index is 12.4. The third-order valence-electron chi connectivity index (χ3n) is 4.05. The fraction of sp³-hybridized carbons (Fsp3) is 0.333. The molecule has 0 aliphatic carbocycles. The van der Waals surface area contributed by atoms with E-state index in [1.165, 1.54) is 0 Å². The molecule has 1 amide bonds. The third-order valence-corrected chi connectivity index (χ3v) is 4.05. The molecule has 23 heavy (non-hydrogen) atoms. The van der Waals surface area contributed by atoms with Gasteiger partial charge in [-0.2, -0.15) is 0 Å². The van der Waals surface area contributed by atoms with Gasteiger partial charge in [-0.15, -0.1) is 0 Å². The van der Waals surface area contributed by atoms with Gasteiger partial charge in [0.15, 0.2) is 0 Å². The van der Waals surface area contributed by atoms with Gasteiger partial charge in [0.2, 0.25) is 5.88 Å². The Labute approximate surface area is 135 Å². The molecule has 2 heterocycles. The standard InChI is InChI=1S/C18H20N2O3/c1-22-17-10-9-15(12-19-17)16-8-5-11-20(16)18(21)23-13-14-6-3-2-4-7-14/h2-4,6-7,9-10,12,16H,5,8,11,13H2,1H3/t16-/m0/s1. The number of aromatic nitrogens is 1. The molecule has 1 aliphatic heterocycles. The van der Waals surface area contributed by atoms with Gasteiger partial charge in [-0.05, 0) is 24.0 Å². The van der Waals surface area contributed by atoms with Crippen LogP contribution in [-0.2, 0) is 11.3 Å². The monoisotopic (exact) mass is 312 g/mol. The normalized spacial score (nSPS) is 17.1. The van der Waals surface area contributed by atoms with Crippen molar-refractivity contribution in [2.24, 2.45) is 0 Å². The van der Waals surface area contributed by atoms with Crippen molar-refractivity contribution in [2.75, 3.05) is 13.7 Å². The van der Waals surface area contributed by atoms with Crippen molar-refractivity contribution in [1.29, 1.82) is 0 Å². The molecule has 5 nitrogen and oxygen atoms in total. The van der Waals surface area contributed by atoms with Crippen molar-refractivity contribution < 1.29 is 14.3 Å². The van der Waals surface area contributed by atoms with Crippen LogP contribution in [0.2, 0.25) is 0 Å². The topological polar surface area (TPSA) is 51.7 Å². The lowest BCUT2D eigenvalue weighted by Gasteiger charge is -2.24. The zero-order chi connectivity index (χ0) is 16.1. The van der Waals surface area contributed by atoms with E-state index in [1.54, 1.807) is 18.2 Å². The summed E-state index contributed by atoms with van der Waals surface area (Å²) < 4.78 is 10.5. The molecule has 3 rings (SSSR count). The van der Waals surface area contributed by atoms with E-state index in [2.05, 4.69) is 4.98 Å². The molecule has 0 unspecified atom stereocenters. The van der Waals surface area contributed by atoms with Crippen LogP contribution in [0.4, 0.5) is 4.79 Å². The van der Waals surface area contributed by atoms with E-state index < -0.39 is 0 Å². The maximum atomic E-state index is 12.4. The Balaban J connectivity index is 1.64. The Kier molecular flexibility index (Phi) is 4.76. The number of likely N-dealkylation sites (tertiary alicyclic amines) is 1. The van der Waals surface area contributed by atoms with Crippen LogP contribution >= 0.6 is 0 Å². The van der Waals surface area contributed by atoms with E-state index in [1.807, 2.05) is 42.5 Å². The van der Waals surface area contributed by atoms with Crippen LogP contribution in [0, 0.1) is 0 Å². The highest BCUT2D eigenvalue weighted by atomic mass is 16.6. The van der Waals surface area contributed by atoms with Crippen molar-refractivity contribution in [2.45, 2.75) is 25.5 Å². The molecule has 1 saturated heterocycles. The van der Waals surface area contributed by atoms with Crippen molar-refractivity contribution in [3.63, 3.8) is 0 Å². The Morgan fingerprint density at radius 3 is 2.78 bits per heavy atom. The minimum atomic E-state index is -0.271. The van der Waals surface area contributed by atoms with Crippen LogP contribution in [-0.4, -0.2) is 29.6 Å². The molecule has 0 saturated carbocycles. The summed E-state index contributed by atoms with van der Waals surface area (Å²) in [6.45, 7) is 1.01. The minimum absolute atomic E-state index is 0.0247. The van der Waals surface area contributed by atoms with E-state index in [9.17, 15) is 4.79 Å². The van der Waals surface area contributed by atoms with Crippen molar-refractivity contribution in [3.8, 4) is 5.88 Å². The Morgan fingerprint density at radius 2 is 2.09 bits per heavy atom. The molecule has 1 atom stereocenters. The van der Waals surface area contributed by atoms with Gasteiger partial charge in [0, 0.05) is 18.8 Å². The summed E-state index contributed by atoms with van der Waals surface area (Å²) in [5.74, 6) is 0.574. The predicted molar refractivity (Wildman–Crippen MR) is 86.1 cm³/mol. The second kappa shape index (κ2) is 7.13. The first kappa shape index (κ1) is 15.3. The summed E-state index contributed by atoms with van der Waals surface area (Å²) in [6, 6.07) is 13.5. The maximum Gasteiger partial charge on any atom is 0.410 e. The second-order valence-corrected chi connectivity index (χ2v) is 5.53. The van der Waals surface area contributed by atoms with E-state index >= 15 is 0 Å². The van der Waals surface area contributed by atoms with Crippen LogP contribution in [0.3, 0.4) is 0 Å². The number of pyridine rings is 1. The van der Waals surface area contributed by atoms with Crippen LogP contribution in [0.1, 0.15) is 30.0 Å². The number of hydrogen-bond acceptors (Lipinski definition) is 4. The van der Waals surface area contributed by atoms with Gasteiger partial charge in [-0.3, -0.25) is 0 Å². The van der Waals surface area contributed by atoms with E-state index in [0.29, 0.717) is 19.0 Å². The first-order valence-electron chi connectivity index (χ1n) is 7.75. The zero-order valence-electron chi connectivity index (χ0n) is 13.1. The molecule has 0 radical (unpaired) electrons. The average Bonchev–Trinajstić information content (AvgIpc) is 3.10. The van der Waals surface area contributed by atoms with E-state index in [-0.39, 0.29) is 12.1 Å². The Hall–Kier alpha value is -2.56. The van der Waals surface area contributed by atoms with Crippen LogP contribution in [0.25, 0.3) is 0 Å². The molecular formula is C18H20N2O3. The first-order chi connectivity index (χ1) is 11.3. The molecule has 1 fully saturated rings. The molecule has 5 heteroatoms. The largest absolute Gasteiger partial charge is 0.481 e. The lowest BCUT2D eigenvalue weighted by molar-refractivity contribution is 0.0920. The minimum Gasteiger partial charge on any atom is -0.481 e. The van der Waals surface area contributed by atoms with Crippen LogP contribution in [0.15, 0.2) is 48.7 Å². The number of carbonyl (C=O) groups is 1. The summed E-state index contributed by atoms with van der Waals surface area (Å²) in [6.07, 6.45) is 3.39. The van der Waals surface area contributed by atoms with Crippen molar-refractivity contribution in [3.05, 3.63) is 59.8 Å². The first-order valence-corrected chi connectivity index (χ1v) is 7.75. The van der Waals surface area contributed by atoms with Gasteiger partial charge in [0.25, 0.3) is 0 Å². The van der Waals surface area contributed by atoms with Gasteiger partial charge in [-0.25, -0.2) is 9.78 Å². The molecule has 0 N–H and O–H groups in total. The fourth-order valence-electron chi connectivity index (χ4n) is 2.84. The van der Waals surface area contributed by atoms with Gasteiger partial charge in [0.1, 0.15) is 6.61 Å². The number of nitrogens with zero attached hydrogens (tertiary/aromatic N) is 2. The lowest BCUT2D eigenvalue weighted by Crippen LogP contribution is -2.31. The predicted octanol–water partition coefficient (Wildman–Crippen LogP) is 3.56. The van der Waals surface area contributed by atoms with E-state index in [4.69, 9.17) is 9.47 Å². The fourth-order valence-corrected chi connectivity index (χ4v) is 2.84. The SMILES string of the molecule is COc1ccc([C@@H]2CCCN2C(=O)OCc2ccccc2)cn1. The smallest absolute Gasteiger partial charge is 0.410 e. The molecule has 1 aromatic heterocycles. The molecule has 120 valence electrons. The highest BCUT2D eigenvalue weighted by molar-refractivity contribution is 5.68. The number of ether oxygens (including phenoxy) is 2. The molecule has 2 aromatic rings. The third kappa shape index (κ3) is 3.62. The Morgan fingerprint density at radius 1 is 1.26 bits per heavy atom. The number of benzene rings is 1. The quantitative estimate of drug-likeness (QED) is 0.866. The zero-order valence-corrected chi connectivity index (χ0v) is 13.1. The average molecular weight is 312 g/mol. The van der Waals surface area contributed by atoms with E-state index in [0.717, 1.165) is 24.0 Å². The summed E-state index contributed by atoms with van der Waals surface area (Å²) in [7, 11) is 1.59. The summed E-state index contributed by atoms with van der Waals surface area (Å²) in [5, 5.41) is 0. The van der Waals surface area contributed by atoms with Gasteiger partial charge in [-0.1, -0.05) is 36.4 Å². The molecule has 0 spiro atoms. The Bertz CT molecular complexity index is 643. The van der Waals surface area contributed by atoms with Gasteiger partial charge < -0.3 is 14.4 Å². The molecule has 0 bridgehead atoms. The number of rotatable bonds is 4. The number of carbonyl (C=O) groups excluding carboxylic acids is 1.